The third kappa shape index (κ3) is 3.22. The fourth-order valence-electron chi connectivity index (χ4n) is 1.53. The number of aromatic amines is 1. The number of imidazole rings is 1. The Morgan fingerprint density at radius 3 is 2.60 bits per heavy atom. The highest BCUT2D eigenvalue weighted by atomic mass is 32.2. The number of esters is 1. The minimum Gasteiger partial charge on any atom is -0.465 e. The van der Waals surface area contributed by atoms with Gasteiger partial charge in [-0.1, -0.05) is 0 Å². The molecule has 0 atom stereocenters. The number of sulfonamides is 1. The molecule has 0 saturated heterocycles. The average molecular weight is 295 g/mol. The van der Waals surface area contributed by atoms with Crippen molar-refractivity contribution in [3.8, 4) is 0 Å². The number of ether oxygens (including phenoxy) is 1. The number of hydrogen-bond acceptors (Lipinski definition) is 5. The first-order valence-electron chi connectivity index (χ1n) is 5.68. The van der Waals surface area contributed by atoms with Crippen molar-refractivity contribution >= 4 is 16.0 Å². The number of aromatic nitrogens is 2. The fourth-order valence-corrected chi connectivity index (χ4v) is 2.53. The van der Waals surface area contributed by atoms with Crippen molar-refractivity contribution in [2.24, 2.45) is 0 Å². The quantitative estimate of drug-likeness (QED) is 0.790. The van der Waals surface area contributed by atoms with E-state index in [4.69, 9.17) is 0 Å². The van der Waals surface area contributed by atoms with Gasteiger partial charge in [0.05, 0.1) is 30.4 Å². The van der Waals surface area contributed by atoms with E-state index < -0.39 is 16.0 Å². The SMILES string of the molecule is COC(=O)c1ccc(S(=O)(=O)NCc2cnc[nH]2)cc1. The summed E-state index contributed by atoms with van der Waals surface area (Å²) in [6.45, 7) is 0.112. The summed E-state index contributed by atoms with van der Waals surface area (Å²) in [7, 11) is -2.37. The van der Waals surface area contributed by atoms with Crippen LogP contribution in [-0.2, 0) is 21.3 Å². The first kappa shape index (κ1) is 14.2. The topological polar surface area (TPSA) is 101 Å². The van der Waals surface area contributed by atoms with Gasteiger partial charge in [-0.3, -0.25) is 0 Å². The summed E-state index contributed by atoms with van der Waals surface area (Å²) in [6.07, 6.45) is 3.00. The van der Waals surface area contributed by atoms with Gasteiger partial charge >= 0.3 is 5.97 Å². The summed E-state index contributed by atoms with van der Waals surface area (Å²) in [6, 6.07) is 5.50. The Morgan fingerprint density at radius 2 is 2.05 bits per heavy atom. The number of nitrogens with zero attached hydrogens (tertiary/aromatic N) is 1. The van der Waals surface area contributed by atoms with Crippen LogP contribution in [0.3, 0.4) is 0 Å². The number of H-pyrrole nitrogens is 1. The van der Waals surface area contributed by atoms with Crippen LogP contribution < -0.4 is 4.72 Å². The van der Waals surface area contributed by atoms with E-state index in [1.165, 1.54) is 43.9 Å². The first-order valence-corrected chi connectivity index (χ1v) is 7.16. The maximum Gasteiger partial charge on any atom is 0.337 e. The zero-order chi connectivity index (χ0) is 14.6. The summed E-state index contributed by atoms with van der Waals surface area (Å²) >= 11 is 0. The molecule has 1 aromatic heterocycles. The summed E-state index contributed by atoms with van der Waals surface area (Å²) in [5, 5.41) is 0. The molecule has 106 valence electrons. The molecule has 0 radical (unpaired) electrons. The lowest BCUT2D eigenvalue weighted by atomic mass is 10.2. The van der Waals surface area contributed by atoms with E-state index in [9.17, 15) is 13.2 Å². The van der Waals surface area contributed by atoms with Crippen LogP contribution in [-0.4, -0.2) is 31.5 Å². The highest BCUT2D eigenvalue weighted by Gasteiger charge is 2.15. The van der Waals surface area contributed by atoms with Crippen LogP contribution in [0.4, 0.5) is 0 Å². The van der Waals surface area contributed by atoms with Crippen molar-refractivity contribution in [1.82, 2.24) is 14.7 Å². The van der Waals surface area contributed by atoms with Gasteiger partial charge in [-0.2, -0.15) is 0 Å². The molecule has 0 amide bonds. The molecule has 7 nitrogen and oxygen atoms in total. The van der Waals surface area contributed by atoms with Crippen molar-refractivity contribution in [3.63, 3.8) is 0 Å². The summed E-state index contributed by atoms with van der Waals surface area (Å²) in [5.41, 5.74) is 0.944. The van der Waals surface area contributed by atoms with E-state index in [0.717, 1.165) is 0 Å². The lowest BCUT2D eigenvalue weighted by Gasteiger charge is -2.06. The van der Waals surface area contributed by atoms with Crippen LogP contribution in [0.2, 0.25) is 0 Å². The lowest BCUT2D eigenvalue weighted by Crippen LogP contribution is -2.23. The predicted molar refractivity (Wildman–Crippen MR) is 70.4 cm³/mol. The van der Waals surface area contributed by atoms with Gasteiger partial charge in [0.25, 0.3) is 0 Å². The van der Waals surface area contributed by atoms with Crippen molar-refractivity contribution in [1.29, 1.82) is 0 Å². The zero-order valence-electron chi connectivity index (χ0n) is 10.7. The number of nitrogens with one attached hydrogen (secondary N) is 2. The normalized spacial score (nSPS) is 11.2. The standard InChI is InChI=1S/C12H13N3O4S/c1-19-12(16)9-2-4-11(5-3-9)20(17,18)15-7-10-6-13-8-14-10/h2-6,8,15H,7H2,1H3,(H,13,14). The van der Waals surface area contributed by atoms with E-state index in [2.05, 4.69) is 19.4 Å². The molecule has 0 unspecified atom stereocenters. The van der Waals surface area contributed by atoms with Crippen molar-refractivity contribution in [3.05, 3.63) is 48.0 Å². The molecule has 1 aromatic carbocycles. The molecular formula is C12H13N3O4S. The van der Waals surface area contributed by atoms with Crippen LogP contribution >= 0.6 is 0 Å². The Hall–Kier alpha value is -2.19. The van der Waals surface area contributed by atoms with Crippen LogP contribution in [0.15, 0.2) is 41.7 Å². The molecule has 2 rings (SSSR count). The molecule has 1 heterocycles. The maximum absolute atomic E-state index is 12.0. The lowest BCUT2D eigenvalue weighted by molar-refractivity contribution is 0.0600. The van der Waals surface area contributed by atoms with E-state index in [0.29, 0.717) is 11.3 Å². The largest absolute Gasteiger partial charge is 0.465 e. The first-order chi connectivity index (χ1) is 9.53. The van der Waals surface area contributed by atoms with Gasteiger partial charge in [-0.15, -0.1) is 0 Å². The second-order valence-corrected chi connectivity index (χ2v) is 5.68. The van der Waals surface area contributed by atoms with Crippen molar-refractivity contribution < 1.29 is 17.9 Å². The van der Waals surface area contributed by atoms with Gasteiger partial charge in [0, 0.05) is 11.9 Å². The van der Waals surface area contributed by atoms with Gasteiger partial charge in [0.15, 0.2) is 0 Å². The summed E-state index contributed by atoms with van der Waals surface area (Å²) in [4.78, 5) is 17.9. The smallest absolute Gasteiger partial charge is 0.337 e. The molecule has 0 aliphatic rings. The molecule has 0 aliphatic carbocycles. The number of carbonyl (C=O) groups excluding carboxylic acids is 1. The van der Waals surface area contributed by atoms with Crippen LogP contribution in [0.5, 0.6) is 0 Å². The maximum atomic E-state index is 12.0. The van der Waals surface area contributed by atoms with Gasteiger partial charge in [0.2, 0.25) is 10.0 Å². The van der Waals surface area contributed by atoms with Crippen molar-refractivity contribution in [2.45, 2.75) is 11.4 Å². The summed E-state index contributed by atoms with van der Waals surface area (Å²) < 4.78 is 31.0. The minimum absolute atomic E-state index is 0.0738. The minimum atomic E-state index is -3.64. The molecule has 8 heteroatoms. The predicted octanol–water partition coefficient (Wildman–Crippen LogP) is 0.675. The van der Waals surface area contributed by atoms with Gasteiger partial charge < -0.3 is 9.72 Å². The number of benzene rings is 1. The van der Waals surface area contributed by atoms with Gasteiger partial charge in [-0.05, 0) is 24.3 Å². The average Bonchev–Trinajstić information content (AvgIpc) is 2.98. The number of hydrogen-bond donors (Lipinski definition) is 2. The highest BCUT2D eigenvalue weighted by molar-refractivity contribution is 7.89. The molecule has 0 bridgehead atoms. The fraction of sp³-hybridized carbons (Fsp3) is 0.167. The van der Waals surface area contributed by atoms with Crippen LogP contribution in [0.25, 0.3) is 0 Å². The van der Waals surface area contributed by atoms with Crippen molar-refractivity contribution in [2.75, 3.05) is 7.11 Å². The zero-order valence-corrected chi connectivity index (χ0v) is 11.5. The second kappa shape index (κ2) is 5.85. The van der Waals surface area contributed by atoms with Gasteiger partial charge in [-0.25, -0.2) is 22.9 Å². The molecule has 0 spiro atoms. The van der Waals surface area contributed by atoms with Crippen LogP contribution in [0, 0.1) is 0 Å². The molecule has 0 fully saturated rings. The third-order valence-corrected chi connectivity index (χ3v) is 4.01. The highest BCUT2D eigenvalue weighted by Crippen LogP contribution is 2.11. The van der Waals surface area contributed by atoms with E-state index >= 15 is 0 Å². The molecular weight excluding hydrogens is 282 g/mol. The van der Waals surface area contributed by atoms with E-state index in [1.54, 1.807) is 0 Å². The molecule has 20 heavy (non-hydrogen) atoms. The summed E-state index contributed by atoms with van der Waals surface area (Å²) in [5.74, 6) is -0.514. The van der Waals surface area contributed by atoms with Crippen LogP contribution in [0.1, 0.15) is 16.1 Å². The molecule has 0 aliphatic heterocycles. The Kier molecular flexibility index (Phi) is 4.16. The second-order valence-electron chi connectivity index (χ2n) is 3.92. The molecule has 2 N–H and O–H groups in total. The van der Waals surface area contributed by atoms with Gasteiger partial charge in [0.1, 0.15) is 0 Å². The molecule has 2 aromatic rings. The third-order valence-electron chi connectivity index (χ3n) is 2.59. The van der Waals surface area contributed by atoms with E-state index in [-0.39, 0.29) is 11.4 Å². The Bertz CT molecular complexity index is 678. The Balaban J connectivity index is 2.11. The number of methoxy groups -OCH3 is 1. The number of carbonyl (C=O) groups is 1. The molecule has 0 saturated carbocycles. The number of rotatable bonds is 5. The monoisotopic (exact) mass is 295 g/mol. The van der Waals surface area contributed by atoms with E-state index in [1.807, 2.05) is 0 Å². The Morgan fingerprint density at radius 1 is 1.35 bits per heavy atom. The Labute approximate surface area is 116 Å².